The molecule has 0 unspecified atom stereocenters. The van der Waals surface area contributed by atoms with Crippen molar-refractivity contribution in [2.75, 3.05) is 18.0 Å². The van der Waals surface area contributed by atoms with Crippen LogP contribution in [0.15, 0.2) is 30.6 Å². The molecule has 6 heteroatoms. The van der Waals surface area contributed by atoms with Gasteiger partial charge in [0, 0.05) is 37.1 Å². The minimum atomic E-state index is -0.723. The minimum absolute atomic E-state index is 0.301. The lowest BCUT2D eigenvalue weighted by atomic mass is 9.98. The van der Waals surface area contributed by atoms with E-state index < -0.39 is 5.97 Å². The molecule has 3 rings (SSSR count). The molecule has 1 fully saturated rings. The Hall–Kier alpha value is -2.37. The summed E-state index contributed by atoms with van der Waals surface area (Å²) < 4.78 is 0. The molecule has 104 valence electrons. The molecule has 6 nitrogen and oxygen atoms in total. The molecule has 3 heterocycles. The van der Waals surface area contributed by atoms with Crippen molar-refractivity contribution in [1.29, 1.82) is 0 Å². The largest absolute Gasteiger partial charge is 0.481 e. The van der Waals surface area contributed by atoms with Gasteiger partial charge in [0.1, 0.15) is 0 Å². The number of nitrogens with one attached hydrogen (secondary N) is 1. The van der Waals surface area contributed by atoms with Crippen molar-refractivity contribution in [1.82, 2.24) is 15.2 Å². The summed E-state index contributed by atoms with van der Waals surface area (Å²) in [5.41, 5.74) is 1.94. The molecule has 0 aliphatic carbocycles. The summed E-state index contributed by atoms with van der Waals surface area (Å²) in [5.74, 6) is -0.216. The molecule has 2 N–H and O–H groups in total. The second-order valence-electron chi connectivity index (χ2n) is 5.00. The van der Waals surface area contributed by atoms with E-state index in [0.717, 1.165) is 36.5 Å². The standard InChI is InChI=1S/C14H16N4O2/c19-14(20)11-2-1-7-18(9-11)13-8-12(16-17-13)10-3-5-15-6-4-10/h3-6,8,11H,1-2,7,9H2,(H,16,17)(H,19,20)/t11-/m1/s1. The fourth-order valence-electron chi connectivity index (χ4n) is 2.54. The maximum Gasteiger partial charge on any atom is 0.308 e. The average molecular weight is 272 g/mol. The normalized spacial score (nSPS) is 19.0. The first-order valence-corrected chi connectivity index (χ1v) is 6.67. The van der Waals surface area contributed by atoms with Gasteiger partial charge in [0.2, 0.25) is 0 Å². The molecule has 2 aromatic rings. The maximum absolute atomic E-state index is 11.1. The first-order valence-electron chi connectivity index (χ1n) is 6.67. The van der Waals surface area contributed by atoms with Gasteiger partial charge in [-0.25, -0.2) is 0 Å². The fourth-order valence-corrected chi connectivity index (χ4v) is 2.54. The Bertz CT molecular complexity index is 596. The Balaban J connectivity index is 1.78. The third-order valence-electron chi connectivity index (χ3n) is 3.65. The summed E-state index contributed by atoms with van der Waals surface area (Å²) in [6, 6.07) is 5.78. The van der Waals surface area contributed by atoms with Crippen LogP contribution < -0.4 is 4.90 Å². The molecule has 0 saturated carbocycles. The van der Waals surface area contributed by atoms with E-state index in [1.807, 2.05) is 23.1 Å². The monoisotopic (exact) mass is 272 g/mol. The number of aromatic amines is 1. The van der Waals surface area contributed by atoms with Crippen molar-refractivity contribution in [3.05, 3.63) is 30.6 Å². The van der Waals surface area contributed by atoms with Gasteiger partial charge in [-0.05, 0) is 25.0 Å². The van der Waals surface area contributed by atoms with Crippen molar-refractivity contribution in [2.45, 2.75) is 12.8 Å². The van der Waals surface area contributed by atoms with Crippen LogP contribution in [-0.4, -0.2) is 39.3 Å². The fraction of sp³-hybridized carbons (Fsp3) is 0.357. The molecule has 0 bridgehead atoms. The van der Waals surface area contributed by atoms with Crippen molar-refractivity contribution >= 4 is 11.8 Å². The Kier molecular flexibility index (Phi) is 3.37. The molecule has 1 aliphatic rings. The van der Waals surface area contributed by atoms with Crippen molar-refractivity contribution in [3.63, 3.8) is 0 Å². The second kappa shape index (κ2) is 5.32. The second-order valence-corrected chi connectivity index (χ2v) is 5.00. The van der Waals surface area contributed by atoms with Crippen LogP contribution in [0, 0.1) is 5.92 Å². The van der Waals surface area contributed by atoms with Crippen LogP contribution in [0.1, 0.15) is 12.8 Å². The quantitative estimate of drug-likeness (QED) is 0.890. The highest BCUT2D eigenvalue weighted by molar-refractivity contribution is 5.71. The van der Waals surface area contributed by atoms with Crippen LogP contribution >= 0.6 is 0 Å². The molecule has 2 aromatic heterocycles. The van der Waals surface area contributed by atoms with E-state index >= 15 is 0 Å². The molecule has 1 atom stereocenters. The van der Waals surface area contributed by atoms with E-state index in [4.69, 9.17) is 5.11 Å². The summed E-state index contributed by atoms with van der Waals surface area (Å²) in [7, 11) is 0. The van der Waals surface area contributed by atoms with Gasteiger partial charge in [-0.3, -0.25) is 14.9 Å². The first kappa shape index (κ1) is 12.7. The molecule has 1 aliphatic heterocycles. The highest BCUT2D eigenvalue weighted by atomic mass is 16.4. The number of carbonyl (C=O) groups is 1. The number of aromatic nitrogens is 3. The van der Waals surface area contributed by atoms with E-state index in [0.29, 0.717) is 6.54 Å². The lowest BCUT2D eigenvalue weighted by molar-refractivity contribution is -0.141. The summed E-state index contributed by atoms with van der Waals surface area (Å²) in [6.45, 7) is 1.38. The topological polar surface area (TPSA) is 82.1 Å². The van der Waals surface area contributed by atoms with E-state index in [-0.39, 0.29) is 5.92 Å². The molecule has 0 radical (unpaired) electrons. The summed E-state index contributed by atoms with van der Waals surface area (Å²) in [6.07, 6.45) is 5.09. The predicted octanol–water partition coefficient (Wildman–Crippen LogP) is 1.77. The van der Waals surface area contributed by atoms with Crippen LogP contribution in [0.25, 0.3) is 11.3 Å². The molecule has 0 aromatic carbocycles. The number of pyridine rings is 1. The number of carboxylic acids is 1. The Labute approximate surface area is 116 Å². The SMILES string of the molecule is O=C(O)[C@@H]1CCCN(c2cc(-c3ccncc3)[nH]n2)C1. The maximum atomic E-state index is 11.1. The number of nitrogens with zero attached hydrogens (tertiary/aromatic N) is 3. The third-order valence-corrected chi connectivity index (χ3v) is 3.65. The van der Waals surface area contributed by atoms with E-state index in [1.165, 1.54) is 0 Å². The number of rotatable bonds is 3. The molecule has 0 amide bonds. The molecular formula is C14H16N4O2. The molecule has 1 saturated heterocycles. The Morgan fingerprint density at radius 2 is 2.20 bits per heavy atom. The van der Waals surface area contributed by atoms with Crippen LogP contribution in [-0.2, 0) is 4.79 Å². The lowest BCUT2D eigenvalue weighted by Crippen LogP contribution is -2.38. The van der Waals surface area contributed by atoms with E-state index in [9.17, 15) is 4.79 Å². The van der Waals surface area contributed by atoms with Gasteiger partial charge in [-0.2, -0.15) is 5.10 Å². The van der Waals surface area contributed by atoms with Crippen molar-refractivity contribution in [3.8, 4) is 11.3 Å². The van der Waals surface area contributed by atoms with Gasteiger partial charge in [-0.15, -0.1) is 0 Å². The number of piperidine rings is 1. The number of anilines is 1. The van der Waals surface area contributed by atoms with Gasteiger partial charge < -0.3 is 10.0 Å². The summed E-state index contributed by atoms with van der Waals surface area (Å²) >= 11 is 0. The third kappa shape index (κ3) is 2.49. The minimum Gasteiger partial charge on any atom is -0.481 e. The predicted molar refractivity (Wildman–Crippen MR) is 74.4 cm³/mol. The van der Waals surface area contributed by atoms with Gasteiger partial charge >= 0.3 is 5.97 Å². The molecule has 20 heavy (non-hydrogen) atoms. The number of hydrogen-bond donors (Lipinski definition) is 2. The van der Waals surface area contributed by atoms with Crippen LogP contribution in [0.2, 0.25) is 0 Å². The Morgan fingerprint density at radius 1 is 1.40 bits per heavy atom. The zero-order valence-electron chi connectivity index (χ0n) is 11.0. The summed E-state index contributed by atoms with van der Waals surface area (Å²) in [4.78, 5) is 17.1. The number of aliphatic carboxylic acids is 1. The van der Waals surface area contributed by atoms with Gasteiger partial charge in [-0.1, -0.05) is 0 Å². The smallest absolute Gasteiger partial charge is 0.308 e. The highest BCUT2D eigenvalue weighted by Gasteiger charge is 2.26. The molecule has 0 spiro atoms. The van der Waals surface area contributed by atoms with Gasteiger partial charge in [0.15, 0.2) is 5.82 Å². The van der Waals surface area contributed by atoms with Crippen molar-refractivity contribution in [2.24, 2.45) is 5.92 Å². The average Bonchev–Trinajstić information content (AvgIpc) is 2.98. The van der Waals surface area contributed by atoms with Gasteiger partial charge in [0.25, 0.3) is 0 Å². The summed E-state index contributed by atoms with van der Waals surface area (Å²) in [5, 5.41) is 16.4. The number of H-pyrrole nitrogens is 1. The van der Waals surface area contributed by atoms with Crippen LogP contribution in [0.4, 0.5) is 5.82 Å². The van der Waals surface area contributed by atoms with Crippen molar-refractivity contribution < 1.29 is 9.90 Å². The van der Waals surface area contributed by atoms with E-state index in [2.05, 4.69) is 15.2 Å². The van der Waals surface area contributed by atoms with Gasteiger partial charge in [0.05, 0.1) is 11.6 Å². The number of hydrogen-bond acceptors (Lipinski definition) is 4. The zero-order chi connectivity index (χ0) is 13.9. The number of carboxylic acid groups (broad SMARTS) is 1. The van der Waals surface area contributed by atoms with E-state index in [1.54, 1.807) is 12.4 Å². The highest BCUT2D eigenvalue weighted by Crippen LogP contribution is 2.25. The molecular weight excluding hydrogens is 256 g/mol. The van der Waals surface area contributed by atoms with Crippen LogP contribution in [0.3, 0.4) is 0 Å². The Morgan fingerprint density at radius 3 is 2.95 bits per heavy atom. The first-order chi connectivity index (χ1) is 9.74. The lowest BCUT2D eigenvalue weighted by Gasteiger charge is -2.30. The van der Waals surface area contributed by atoms with Crippen LogP contribution in [0.5, 0.6) is 0 Å². The zero-order valence-corrected chi connectivity index (χ0v) is 11.0.